The molecule has 0 aliphatic rings. The molecule has 0 bridgehead atoms. The highest BCUT2D eigenvalue weighted by molar-refractivity contribution is 7.99. The Kier molecular flexibility index (Phi) is 6.59. The predicted octanol–water partition coefficient (Wildman–Crippen LogP) is 3.48. The summed E-state index contributed by atoms with van der Waals surface area (Å²) >= 11 is 1.27. The smallest absolute Gasteiger partial charge is 0.236 e. The Bertz CT molecular complexity index is 1110. The molecule has 0 saturated heterocycles. The molecule has 1 aromatic carbocycles. The van der Waals surface area contributed by atoms with Crippen molar-refractivity contribution in [2.45, 2.75) is 25.5 Å². The van der Waals surface area contributed by atoms with Gasteiger partial charge in [-0.25, -0.2) is 0 Å². The first-order valence-corrected chi connectivity index (χ1v) is 10.2. The van der Waals surface area contributed by atoms with Crippen LogP contribution < -0.4 is 10.1 Å². The van der Waals surface area contributed by atoms with Crippen LogP contribution in [0.2, 0.25) is 0 Å². The van der Waals surface area contributed by atoms with Gasteiger partial charge in [0.1, 0.15) is 24.0 Å². The molecule has 9 heteroatoms. The fourth-order valence-electron chi connectivity index (χ4n) is 3.03. The van der Waals surface area contributed by atoms with Gasteiger partial charge in [0, 0.05) is 17.9 Å². The quantitative estimate of drug-likeness (QED) is 0.441. The van der Waals surface area contributed by atoms with Crippen LogP contribution in [0.5, 0.6) is 5.75 Å². The van der Waals surface area contributed by atoms with Crippen LogP contribution in [0.15, 0.2) is 48.4 Å². The number of rotatable bonds is 8. The Labute approximate surface area is 179 Å². The molecule has 154 valence electrons. The summed E-state index contributed by atoms with van der Waals surface area (Å²) in [4.78, 5) is 12.7. The highest BCUT2D eigenvalue weighted by atomic mass is 32.2. The molecule has 1 amide bonds. The number of ether oxygens (including phenoxy) is 1. The van der Waals surface area contributed by atoms with Crippen LogP contribution in [0.4, 0.5) is 5.82 Å². The predicted molar refractivity (Wildman–Crippen MR) is 116 cm³/mol. The fraction of sp³-hybridized carbons (Fsp3) is 0.238. The molecular formula is C21H22N6O2S. The highest BCUT2D eigenvalue weighted by Crippen LogP contribution is 2.31. The molecule has 8 nitrogen and oxygen atoms in total. The molecule has 0 spiro atoms. The van der Waals surface area contributed by atoms with Gasteiger partial charge in [-0.15, -0.1) is 16.8 Å². The minimum absolute atomic E-state index is 0.132. The van der Waals surface area contributed by atoms with Gasteiger partial charge in [-0.1, -0.05) is 17.8 Å². The van der Waals surface area contributed by atoms with E-state index >= 15 is 0 Å². The van der Waals surface area contributed by atoms with E-state index < -0.39 is 0 Å². The maximum Gasteiger partial charge on any atom is 0.236 e. The second kappa shape index (κ2) is 9.33. The fourth-order valence-corrected chi connectivity index (χ4v) is 3.76. The van der Waals surface area contributed by atoms with E-state index in [4.69, 9.17) is 4.74 Å². The maximum absolute atomic E-state index is 12.7. The van der Waals surface area contributed by atoms with E-state index in [0.29, 0.717) is 23.1 Å². The molecule has 0 unspecified atom stereocenters. The van der Waals surface area contributed by atoms with Crippen molar-refractivity contribution < 1.29 is 9.53 Å². The first-order valence-electron chi connectivity index (χ1n) is 9.17. The van der Waals surface area contributed by atoms with Crippen molar-refractivity contribution in [3.8, 4) is 17.5 Å². The van der Waals surface area contributed by atoms with Gasteiger partial charge < -0.3 is 14.6 Å². The third kappa shape index (κ3) is 4.23. The average molecular weight is 423 g/mol. The van der Waals surface area contributed by atoms with Crippen LogP contribution in [-0.4, -0.2) is 38.1 Å². The molecule has 0 aliphatic heterocycles. The Morgan fingerprint density at radius 3 is 2.73 bits per heavy atom. The van der Waals surface area contributed by atoms with Gasteiger partial charge in [0.05, 0.1) is 18.4 Å². The number of benzene rings is 1. The zero-order valence-corrected chi connectivity index (χ0v) is 17.9. The van der Waals surface area contributed by atoms with Crippen LogP contribution in [0, 0.1) is 25.2 Å². The lowest BCUT2D eigenvalue weighted by molar-refractivity contribution is -0.113. The largest absolute Gasteiger partial charge is 0.497 e. The summed E-state index contributed by atoms with van der Waals surface area (Å²) in [6, 6.07) is 9.66. The van der Waals surface area contributed by atoms with E-state index in [2.05, 4.69) is 28.2 Å². The minimum Gasteiger partial charge on any atom is -0.497 e. The van der Waals surface area contributed by atoms with E-state index in [1.807, 2.05) is 42.7 Å². The lowest BCUT2D eigenvalue weighted by atomic mass is 10.2. The number of nitrogens with zero attached hydrogens (tertiary/aromatic N) is 5. The van der Waals surface area contributed by atoms with E-state index in [9.17, 15) is 10.1 Å². The monoisotopic (exact) mass is 422 g/mol. The highest BCUT2D eigenvalue weighted by Gasteiger charge is 2.21. The van der Waals surface area contributed by atoms with Gasteiger partial charge >= 0.3 is 0 Å². The van der Waals surface area contributed by atoms with Crippen molar-refractivity contribution >= 4 is 23.5 Å². The maximum atomic E-state index is 12.7. The zero-order valence-electron chi connectivity index (χ0n) is 17.0. The molecule has 1 N–H and O–H groups in total. The second-order valence-corrected chi connectivity index (χ2v) is 7.41. The number of carbonyl (C=O) groups is 1. The van der Waals surface area contributed by atoms with E-state index in [-0.39, 0.29) is 11.7 Å². The van der Waals surface area contributed by atoms with Gasteiger partial charge in [-0.2, -0.15) is 5.26 Å². The van der Waals surface area contributed by atoms with Gasteiger partial charge in [-0.05, 0) is 43.7 Å². The van der Waals surface area contributed by atoms with Crippen molar-refractivity contribution in [3.63, 3.8) is 0 Å². The number of hydrogen-bond acceptors (Lipinski definition) is 6. The van der Waals surface area contributed by atoms with Crippen molar-refractivity contribution in [2.75, 3.05) is 18.2 Å². The third-order valence-corrected chi connectivity index (χ3v) is 5.63. The number of carbonyl (C=O) groups excluding carboxylic acids is 1. The molecule has 0 saturated carbocycles. The Hall–Kier alpha value is -3.51. The van der Waals surface area contributed by atoms with Gasteiger partial charge in [0.2, 0.25) is 5.91 Å². The average Bonchev–Trinajstić information content (AvgIpc) is 3.29. The number of thioether (sulfide) groups is 1. The van der Waals surface area contributed by atoms with Crippen LogP contribution in [0.3, 0.4) is 0 Å². The van der Waals surface area contributed by atoms with Crippen LogP contribution in [0.25, 0.3) is 5.69 Å². The number of methoxy groups -OCH3 is 1. The summed E-state index contributed by atoms with van der Waals surface area (Å²) in [6.45, 7) is 8.05. The number of hydrogen-bond donors (Lipinski definition) is 1. The van der Waals surface area contributed by atoms with E-state index in [1.165, 1.54) is 11.8 Å². The minimum atomic E-state index is -0.239. The number of nitrogens with one attached hydrogen (secondary N) is 1. The molecule has 3 rings (SSSR count). The summed E-state index contributed by atoms with van der Waals surface area (Å²) in [5.74, 6) is 1.08. The number of aromatic nitrogens is 4. The van der Waals surface area contributed by atoms with Gasteiger partial charge in [0.15, 0.2) is 5.16 Å². The molecule has 2 aromatic heterocycles. The molecule has 3 aromatic rings. The van der Waals surface area contributed by atoms with Crippen LogP contribution >= 0.6 is 11.8 Å². The first kappa shape index (κ1) is 21.2. The lowest BCUT2D eigenvalue weighted by Crippen LogP contribution is -2.18. The molecule has 30 heavy (non-hydrogen) atoms. The Balaban J connectivity index is 1.86. The summed E-state index contributed by atoms with van der Waals surface area (Å²) in [7, 11) is 1.60. The van der Waals surface area contributed by atoms with Crippen molar-refractivity contribution in [2.24, 2.45) is 0 Å². The summed E-state index contributed by atoms with van der Waals surface area (Å²) in [6.07, 6.45) is 3.33. The Morgan fingerprint density at radius 2 is 2.10 bits per heavy atom. The molecular weight excluding hydrogens is 400 g/mol. The number of amides is 1. The van der Waals surface area contributed by atoms with Crippen molar-refractivity contribution in [1.82, 2.24) is 19.3 Å². The molecule has 0 fully saturated rings. The number of allylic oxidation sites excluding steroid dienone is 1. The molecule has 0 aliphatic carbocycles. The third-order valence-electron chi connectivity index (χ3n) is 4.65. The van der Waals surface area contributed by atoms with Crippen molar-refractivity contribution in [3.05, 3.63) is 60.1 Å². The van der Waals surface area contributed by atoms with Gasteiger partial charge in [0.25, 0.3) is 0 Å². The molecule has 0 radical (unpaired) electrons. The molecule has 0 atom stereocenters. The van der Waals surface area contributed by atoms with Crippen molar-refractivity contribution in [1.29, 1.82) is 5.26 Å². The summed E-state index contributed by atoms with van der Waals surface area (Å²) < 4.78 is 8.90. The standard InChI is InChI=1S/C21H22N6O2S/c1-5-10-26-13-23-25-21(26)30-12-19(28)24-20-18(11-22)14(2)15(3)27(20)16-6-8-17(29-4)9-7-16/h5-9,13H,1,10,12H2,2-4H3,(H,24,28). The SMILES string of the molecule is C=CCn1cnnc1SCC(=O)Nc1c(C#N)c(C)c(C)n1-c1ccc(OC)cc1. The normalized spacial score (nSPS) is 10.5. The first-order chi connectivity index (χ1) is 14.5. The second-order valence-electron chi connectivity index (χ2n) is 6.47. The van der Waals surface area contributed by atoms with Crippen LogP contribution in [0.1, 0.15) is 16.8 Å². The lowest BCUT2D eigenvalue weighted by Gasteiger charge is -2.13. The summed E-state index contributed by atoms with van der Waals surface area (Å²) in [5.41, 5.74) is 2.97. The number of anilines is 1. The zero-order chi connectivity index (χ0) is 21.7. The van der Waals surface area contributed by atoms with E-state index in [1.54, 1.807) is 24.1 Å². The number of nitriles is 1. The molecule has 2 heterocycles. The Morgan fingerprint density at radius 1 is 1.37 bits per heavy atom. The van der Waals surface area contributed by atoms with Crippen LogP contribution in [-0.2, 0) is 11.3 Å². The summed E-state index contributed by atoms with van der Waals surface area (Å²) in [5, 5.41) is 21.1. The van der Waals surface area contributed by atoms with Gasteiger partial charge in [-0.3, -0.25) is 9.36 Å². The van der Waals surface area contributed by atoms with E-state index in [0.717, 1.165) is 22.7 Å². The topological polar surface area (TPSA) is 97.8 Å².